The Morgan fingerprint density at radius 1 is 1.56 bits per heavy atom. The first kappa shape index (κ1) is 11.6. The van der Waals surface area contributed by atoms with Crippen LogP contribution in [-0.2, 0) is 17.8 Å². The lowest BCUT2D eigenvalue weighted by atomic mass is 10.2. The van der Waals surface area contributed by atoms with E-state index in [-0.39, 0.29) is 0 Å². The van der Waals surface area contributed by atoms with Gasteiger partial charge in [-0.05, 0) is 26.3 Å². The maximum atomic E-state index is 5.78. The monoisotopic (exact) mass is 223 g/mol. The van der Waals surface area contributed by atoms with Gasteiger partial charge in [0.2, 0.25) is 0 Å². The summed E-state index contributed by atoms with van der Waals surface area (Å²) in [6.07, 6.45) is 7.14. The second-order valence-corrected chi connectivity index (χ2v) is 4.50. The summed E-state index contributed by atoms with van der Waals surface area (Å²) in [5.74, 6) is 0. The average molecular weight is 223 g/mol. The smallest absolute Gasteiger partial charge is 0.0775 e. The van der Waals surface area contributed by atoms with Crippen LogP contribution < -0.4 is 5.32 Å². The fourth-order valence-corrected chi connectivity index (χ4v) is 2.10. The highest BCUT2D eigenvalue weighted by molar-refractivity contribution is 5.03. The minimum absolute atomic E-state index is 0.349. The largest absolute Gasteiger partial charge is 0.373 e. The van der Waals surface area contributed by atoms with Crippen LogP contribution in [0.25, 0.3) is 0 Å². The Labute approximate surface area is 97.0 Å². The summed E-state index contributed by atoms with van der Waals surface area (Å²) < 4.78 is 7.77. The molecule has 2 rings (SSSR count). The van der Waals surface area contributed by atoms with Gasteiger partial charge in [0.25, 0.3) is 0 Å². The van der Waals surface area contributed by atoms with Crippen LogP contribution >= 0.6 is 0 Å². The molecule has 2 heterocycles. The molecule has 0 amide bonds. The highest BCUT2D eigenvalue weighted by Gasteiger charge is 2.22. The SMILES string of the molecule is CCNCc1cnn(CC2CCC(C)O2)c1. The number of ether oxygens (including phenoxy) is 1. The van der Waals surface area contributed by atoms with Gasteiger partial charge in [0.15, 0.2) is 0 Å². The van der Waals surface area contributed by atoms with Crippen molar-refractivity contribution in [3.63, 3.8) is 0 Å². The van der Waals surface area contributed by atoms with Crippen LogP contribution in [0.4, 0.5) is 0 Å². The van der Waals surface area contributed by atoms with E-state index in [2.05, 4.69) is 30.5 Å². The van der Waals surface area contributed by atoms with Crippen molar-refractivity contribution in [2.45, 2.75) is 52.0 Å². The van der Waals surface area contributed by atoms with E-state index in [4.69, 9.17) is 4.74 Å². The molecule has 4 heteroatoms. The lowest BCUT2D eigenvalue weighted by Gasteiger charge is -2.10. The van der Waals surface area contributed by atoms with Gasteiger partial charge in [-0.25, -0.2) is 0 Å². The van der Waals surface area contributed by atoms with Gasteiger partial charge in [-0.2, -0.15) is 5.10 Å². The molecular weight excluding hydrogens is 202 g/mol. The van der Waals surface area contributed by atoms with Crippen LogP contribution in [0.5, 0.6) is 0 Å². The van der Waals surface area contributed by atoms with Crippen LogP contribution in [0, 0.1) is 0 Å². The molecule has 0 bridgehead atoms. The van der Waals surface area contributed by atoms with E-state index >= 15 is 0 Å². The Hall–Kier alpha value is -0.870. The third kappa shape index (κ3) is 3.06. The first-order valence-corrected chi connectivity index (χ1v) is 6.15. The Morgan fingerprint density at radius 3 is 3.12 bits per heavy atom. The molecule has 1 fully saturated rings. The molecule has 90 valence electrons. The molecule has 1 N–H and O–H groups in total. The second-order valence-electron chi connectivity index (χ2n) is 4.50. The van der Waals surface area contributed by atoms with Gasteiger partial charge in [0.05, 0.1) is 24.9 Å². The van der Waals surface area contributed by atoms with Crippen molar-refractivity contribution in [3.05, 3.63) is 18.0 Å². The van der Waals surface area contributed by atoms with Gasteiger partial charge in [0.1, 0.15) is 0 Å². The Bertz CT molecular complexity index is 324. The van der Waals surface area contributed by atoms with E-state index in [0.29, 0.717) is 12.2 Å². The van der Waals surface area contributed by atoms with Gasteiger partial charge < -0.3 is 10.1 Å². The second kappa shape index (κ2) is 5.46. The van der Waals surface area contributed by atoms with E-state index in [0.717, 1.165) is 26.1 Å². The third-order valence-corrected chi connectivity index (χ3v) is 2.98. The molecule has 0 aliphatic carbocycles. The molecular formula is C12H21N3O. The number of hydrogen-bond donors (Lipinski definition) is 1. The summed E-state index contributed by atoms with van der Waals surface area (Å²) in [6.45, 7) is 7.03. The number of nitrogens with zero attached hydrogens (tertiary/aromatic N) is 2. The molecule has 0 radical (unpaired) electrons. The van der Waals surface area contributed by atoms with Gasteiger partial charge in [-0.1, -0.05) is 6.92 Å². The zero-order chi connectivity index (χ0) is 11.4. The fraction of sp³-hybridized carbons (Fsp3) is 0.750. The summed E-state index contributed by atoms with van der Waals surface area (Å²) in [5.41, 5.74) is 1.24. The van der Waals surface area contributed by atoms with Crippen molar-refractivity contribution in [2.24, 2.45) is 0 Å². The number of rotatable bonds is 5. The van der Waals surface area contributed by atoms with Gasteiger partial charge in [-0.15, -0.1) is 0 Å². The van der Waals surface area contributed by atoms with E-state index < -0.39 is 0 Å². The van der Waals surface area contributed by atoms with Crippen molar-refractivity contribution in [2.75, 3.05) is 6.54 Å². The molecule has 1 aromatic rings. The van der Waals surface area contributed by atoms with Gasteiger partial charge in [-0.3, -0.25) is 4.68 Å². The van der Waals surface area contributed by atoms with Crippen molar-refractivity contribution in [1.82, 2.24) is 15.1 Å². The summed E-state index contributed by atoms with van der Waals surface area (Å²) in [6, 6.07) is 0. The zero-order valence-electron chi connectivity index (χ0n) is 10.1. The Kier molecular flexibility index (Phi) is 3.96. The quantitative estimate of drug-likeness (QED) is 0.823. The molecule has 2 unspecified atom stereocenters. The molecule has 1 aliphatic rings. The molecule has 2 atom stereocenters. The predicted octanol–water partition coefficient (Wildman–Crippen LogP) is 1.56. The minimum Gasteiger partial charge on any atom is -0.373 e. The highest BCUT2D eigenvalue weighted by atomic mass is 16.5. The van der Waals surface area contributed by atoms with E-state index in [9.17, 15) is 0 Å². The summed E-state index contributed by atoms with van der Waals surface area (Å²) >= 11 is 0. The molecule has 0 aromatic carbocycles. The topological polar surface area (TPSA) is 39.1 Å². The summed E-state index contributed by atoms with van der Waals surface area (Å²) in [4.78, 5) is 0. The fourth-order valence-electron chi connectivity index (χ4n) is 2.10. The van der Waals surface area contributed by atoms with Crippen LogP contribution in [0.1, 0.15) is 32.3 Å². The number of aromatic nitrogens is 2. The van der Waals surface area contributed by atoms with Crippen molar-refractivity contribution in [1.29, 1.82) is 0 Å². The number of hydrogen-bond acceptors (Lipinski definition) is 3. The molecule has 0 spiro atoms. The molecule has 1 aromatic heterocycles. The molecule has 0 saturated carbocycles. The summed E-state index contributed by atoms with van der Waals surface area (Å²) in [7, 11) is 0. The van der Waals surface area contributed by atoms with Gasteiger partial charge >= 0.3 is 0 Å². The highest BCUT2D eigenvalue weighted by Crippen LogP contribution is 2.20. The van der Waals surface area contributed by atoms with E-state index in [1.807, 2.05) is 10.9 Å². The third-order valence-electron chi connectivity index (χ3n) is 2.98. The normalized spacial score (nSPS) is 25.1. The zero-order valence-corrected chi connectivity index (χ0v) is 10.1. The van der Waals surface area contributed by atoms with Gasteiger partial charge in [0, 0.05) is 18.3 Å². The Morgan fingerprint density at radius 2 is 2.44 bits per heavy atom. The van der Waals surface area contributed by atoms with Crippen LogP contribution in [0.2, 0.25) is 0 Å². The van der Waals surface area contributed by atoms with E-state index in [1.54, 1.807) is 0 Å². The maximum absolute atomic E-state index is 5.78. The van der Waals surface area contributed by atoms with Crippen molar-refractivity contribution in [3.8, 4) is 0 Å². The lowest BCUT2D eigenvalue weighted by molar-refractivity contribution is 0.0437. The van der Waals surface area contributed by atoms with Crippen LogP contribution in [0.15, 0.2) is 12.4 Å². The maximum Gasteiger partial charge on any atom is 0.0775 e. The molecule has 1 aliphatic heterocycles. The first-order valence-electron chi connectivity index (χ1n) is 6.15. The predicted molar refractivity (Wildman–Crippen MR) is 63.2 cm³/mol. The minimum atomic E-state index is 0.349. The summed E-state index contributed by atoms with van der Waals surface area (Å²) in [5, 5.41) is 7.65. The van der Waals surface area contributed by atoms with Crippen molar-refractivity contribution < 1.29 is 4.74 Å². The molecule has 1 saturated heterocycles. The van der Waals surface area contributed by atoms with E-state index in [1.165, 1.54) is 12.0 Å². The van der Waals surface area contributed by atoms with Crippen molar-refractivity contribution >= 4 is 0 Å². The molecule has 4 nitrogen and oxygen atoms in total. The Balaban J connectivity index is 1.83. The first-order chi connectivity index (χ1) is 7.78. The number of nitrogens with one attached hydrogen (secondary N) is 1. The standard InChI is InChI=1S/C12H21N3O/c1-3-13-6-11-7-14-15(8-11)9-12-5-4-10(2)16-12/h7-8,10,12-13H,3-6,9H2,1-2H3. The lowest BCUT2D eigenvalue weighted by Crippen LogP contribution is -2.16. The molecule has 16 heavy (non-hydrogen) atoms. The average Bonchev–Trinajstić information content (AvgIpc) is 2.86. The van der Waals surface area contributed by atoms with Crippen LogP contribution in [0.3, 0.4) is 0 Å². The van der Waals surface area contributed by atoms with Crippen LogP contribution in [-0.4, -0.2) is 28.5 Å².